The van der Waals surface area contributed by atoms with E-state index >= 15 is 0 Å². The zero-order valence-electron chi connectivity index (χ0n) is 19.3. The maximum absolute atomic E-state index is 12.8. The Labute approximate surface area is 191 Å². The van der Waals surface area contributed by atoms with Crippen LogP contribution in [0, 0.1) is 11.8 Å². The number of hydrogen-bond donors (Lipinski definition) is 2. The van der Waals surface area contributed by atoms with Crippen LogP contribution in [-0.4, -0.2) is 42.6 Å². The van der Waals surface area contributed by atoms with Gasteiger partial charge in [-0.1, -0.05) is 13.8 Å². The molecular weight excluding hydrogens is 435 g/mol. The maximum atomic E-state index is 12.8. The molecule has 33 heavy (non-hydrogen) atoms. The minimum Gasteiger partial charge on any atom is -0.439 e. The molecule has 3 N–H and O–H groups in total. The van der Waals surface area contributed by atoms with Crippen LogP contribution in [-0.2, 0) is 11.2 Å². The summed E-state index contributed by atoms with van der Waals surface area (Å²) < 4.78 is 44.4. The molecule has 1 atom stereocenters. The van der Waals surface area contributed by atoms with Crippen LogP contribution in [0.3, 0.4) is 0 Å². The SMILES string of the molecule is CN=C(/C=C(\N)C(F)(F)F)C(=O)NC1CCCc2nc(/C(=C/C(=NC)C3CC3)C(C)C)oc21. The Morgan fingerprint density at radius 1 is 1.21 bits per heavy atom. The Morgan fingerprint density at radius 2 is 1.91 bits per heavy atom. The van der Waals surface area contributed by atoms with E-state index in [0.29, 0.717) is 36.5 Å². The fraction of sp³-hybridized carbons (Fsp3) is 0.565. The number of aromatic nitrogens is 1. The molecule has 2 aliphatic carbocycles. The van der Waals surface area contributed by atoms with Crippen LogP contribution in [0.15, 0.2) is 32.3 Å². The van der Waals surface area contributed by atoms with E-state index in [1.807, 2.05) is 6.08 Å². The molecule has 1 aromatic heterocycles. The molecule has 1 amide bonds. The molecule has 0 bridgehead atoms. The van der Waals surface area contributed by atoms with Crippen molar-refractivity contribution in [2.45, 2.75) is 58.2 Å². The lowest BCUT2D eigenvalue weighted by Gasteiger charge is -2.21. The smallest absolute Gasteiger partial charge is 0.430 e. The molecule has 3 rings (SSSR count). The molecule has 1 aromatic rings. The first-order valence-corrected chi connectivity index (χ1v) is 11.0. The highest BCUT2D eigenvalue weighted by Crippen LogP contribution is 2.36. The predicted molar refractivity (Wildman–Crippen MR) is 121 cm³/mol. The van der Waals surface area contributed by atoms with E-state index in [1.54, 1.807) is 7.05 Å². The third-order valence-corrected chi connectivity index (χ3v) is 5.78. The number of hydrogen-bond acceptors (Lipinski definition) is 6. The molecule has 0 radical (unpaired) electrons. The normalized spacial score (nSPS) is 20.8. The predicted octanol–water partition coefficient (Wildman–Crippen LogP) is 4.16. The summed E-state index contributed by atoms with van der Waals surface area (Å²) in [6.45, 7) is 4.10. The fourth-order valence-electron chi connectivity index (χ4n) is 3.75. The molecule has 0 spiro atoms. The van der Waals surface area contributed by atoms with Gasteiger partial charge in [0.25, 0.3) is 5.91 Å². The molecule has 0 aliphatic heterocycles. The molecule has 7 nitrogen and oxygen atoms in total. The number of halogens is 3. The van der Waals surface area contributed by atoms with E-state index in [9.17, 15) is 18.0 Å². The van der Waals surface area contributed by atoms with E-state index in [2.05, 4.69) is 29.1 Å². The van der Waals surface area contributed by atoms with E-state index in [-0.39, 0.29) is 5.92 Å². The van der Waals surface area contributed by atoms with Crippen LogP contribution in [0.2, 0.25) is 0 Å². The summed E-state index contributed by atoms with van der Waals surface area (Å²) in [4.78, 5) is 25.4. The highest BCUT2D eigenvalue weighted by molar-refractivity contribution is 6.43. The molecule has 1 fully saturated rings. The van der Waals surface area contributed by atoms with Crippen LogP contribution in [0.4, 0.5) is 13.2 Å². The van der Waals surface area contributed by atoms with Crippen molar-refractivity contribution in [2.75, 3.05) is 14.1 Å². The summed E-state index contributed by atoms with van der Waals surface area (Å²) in [6, 6.07) is -0.518. The second-order valence-electron chi connectivity index (χ2n) is 8.63. The van der Waals surface area contributed by atoms with Gasteiger partial charge in [-0.25, -0.2) is 4.98 Å². The lowest BCUT2D eigenvalue weighted by molar-refractivity contribution is -0.115. The zero-order chi connectivity index (χ0) is 24.3. The Morgan fingerprint density at radius 3 is 2.45 bits per heavy atom. The van der Waals surface area contributed by atoms with E-state index in [0.717, 1.165) is 36.2 Å². The molecule has 1 saturated carbocycles. The van der Waals surface area contributed by atoms with Gasteiger partial charge in [-0.3, -0.25) is 14.8 Å². The first-order chi connectivity index (χ1) is 15.5. The number of nitrogens with zero attached hydrogens (tertiary/aromatic N) is 3. The summed E-state index contributed by atoms with van der Waals surface area (Å²) in [5.41, 5.74) is 5.95. The van der Waals surface area contributed by atoms with Gasteiger partial charge < -0.3 is 15.5 Å². The number of alkyl halides is 3. The molecule has 1 unspecified atom stereocenters. The lowest BCUT2D eigenvalue weighted by atomic mass is 9.97. The van der Waals surface area contributed by atoms with Gasteiger partial charge in [-0.05, 0) is 50.2 Å². The highest BCUT2D eigenvalue weighted by atomic mass is 19.4. The average molecular weight is 466 g/mol. The number of carbonyl (C=O) groups is 1. The molecule has 1 heterocycles. The number of nitrogens with two attached hydrogens (primary N) is 1. The Kier molecular flexibility index (Phi) is 7.44. The number of fused-ring (bicyclic) bond motifs is 1. The van der Waals surface area contributed by atoms with Gasteiger partial charge in [0, 0.05) is 31.3 Å². The Balaban J connectivity index is 1.85. The molecule has 0 saturated heterocycles. The number of rotatable bonds is 7. The van der Waals surface area contributed by atoms with Crippen LogP contribution in [0.1, 0.15) is 62.9 Å². The number of aliphatic imine (C=N–C) groups is 2. The Bertz CT molecular complexity index is 1010. The van der Waals surface area contributed by atoms with Gasteiger partial charge >= 0.3 is 6.18 Å². The van der Waals surface area contributed by atoms with Gasteiger partial charge in [0.2, 0.25) is 5.89 Å². The first kappa shape index (κ1) is 24.7. The van der Waals surface area contributed by atoms with Gasteiger partial charge in [-0.15, -0.1) is 0 Å². The minimum absolute atomic E-state index is 0.142. The fourth-order valence-corrected chi connectivity index (χ4v) is 3.75. The van der Waals surface area contributed by atoms with Crippen molar-refractivity contribution in [1.29, 1.82) is 0 Å². The standard InChI is InChI=1S/C23H30F3N5O2/c1-12(2)14(10-17(28-3)13-8-9-13)22-31-16-7-5-6-15(20(16)33-22)30-21(32)18(29-4)11-19(27)23(24,25)26/h10-13,15H,5-9,27H2,1-4H3,(H,30,32)/b14-10+,19-11-,28-17?,29-18?. The van der Waals surface area contributed by atoms with Gasteiger partial charge in [0.1, 0.15) is 17.2 Å². The van der Waals surface area contributed by atoms with Crippen molar-refractivity contribution in [2.24, 2.45) is 27.6 Å². The van der Waals surface area contributed by atoms with Gasteiger partial charge in [-0.2, -0.15) is 13.2 Å². The van der Waals surface area contributed by atoms with Crippen molar-refractivity contribution in [1.82, 2.24) is 10.3 Å². The number of oxazole rings is 1. The lowest BCUT2D eigenvalue weighted by Crippen LogP contribution is -2.36. The van der Waals surface area contributed by atoms with Crippen LogP contribution >= 0.6 is 0 Å². The van der Waals surface area contributed by atoms with E-state index < -0.39 is 29.5 Å². The molecule has 180 valence electrons. The summed E-state index contributed by atoms with van der Waals surface area (Å²) in [5.74, 6) is 0.880. The number of allylic oxidation sites excluding steroid dienone is 3. The largest absolute Gasteiger partial charge is 0.439 e. The summed E-state index contributed by atoms with van der Waals surface area (Å²) >= 11 is 0. The molecular formula is C23H30F3N5O2. The number of aryl methyl sites for hydroxylation is 1. The van der Waals surface area contributed by atoms with Crippen LogP contribution in [0.5, 0.6) is 0 Å². The molecule has 2 aliphatic rings. The first-order valence-electron chi connectivity index (χ1n) is 11.0. The second kappa shape index (κ2) is 9.93. The van der Waals surface area contributed by atoms with Crippen molar-refractivity contribution < 1.29 is 22.4 Å². The zero-order valence-corrected chi connectivity index (χ0v) is 19.3. The third kappa shape index (κ3) is 5.91. The van der Waals surface area contributed by atoms with Crippen molar-refractivity contribution in [3.05, 3.63) is 35.2 Å². The maximum Gasteiger partial charge on any atom is 0.430 e. The van der Waals surface area contributed by atoms with Crippen molar-refractivity contribution in [3.8, 4) is 0 Å². The number of nitrogens with one attached hydrogen (secondary N) is 1. The minimum atomic E-state index is -4.74. The summed E-state index contributed by atoms with van der Waals surface area (Å²) in [5, 5.41) is 2.73. The Hall–Kier alpha value is -2.91. The number of amides is 1. The number of carbonyl (C=O) groups excluding carboxylic acids is 1. The highest BCUT2D eigenvalue weighted by Gasteiger charge is 2.34. The molecule has 0 aromatic carbocycles. The van der Waals surface area contributed by atoms with E-state index in [4.69, 9.17) is 15.1 Å². The van der Waals surface area contributed by atoms with Crippen LogP contribution in [0.25, 0.3) is 5.57 Å². The summed E-state index contributed by atoms with van der Waals surface area (Å²) in [6.07, 6.45) is 2.12. The second-order valence-corrected chi connectivity index (χ2v) is 8.63. The average Bonchev–Trinajstić information content (AvgIpc) is 3.49. The van der Waals surface area contributed by atoms with Gasteiger partial charge in [0.15, 0.2) is 0 Å². The summed E-state index contributed by atoms with van der Waals surface area (Å²) in [7, 11) is 3.02. The van der Waals surface area contributed by atoms with Crippen molar-refractivity contribution in [3.63, 3.8) is 0 Å². The van der Waals surface area contributed by atoms with Crippen LogP contribution < -0.4 is 11.1 Å². The molecule has 10 heteroatoms. The van der Waals surface area contributed by atoms with Gasteiger partial charge in [0.05, 0.1) is 11.7 Å². The third-order valence-electron chi connectivity index (χ3n) is 5.78. The quantitative estimate of drug-likeness (QED) is 0.590. The monoisotopic (exact) mass is 465 g/mol. The topological polar surface area (TPSA) is 106 Å². The van der Waals surface area contributed by atoms with E-state index in [1.165, 1.54) is 7.05 Å². The van der Waals surface area contributed by atoms with Crippen molar-refractivity contribution >= 4 is 22.9 Å².